The van der Waals surface area contributed by atoms with Crippen molar-refractivity contribution in [2.45, 2.75) is 30.0 Å². The van der Waals surface area contributed by atoms with Crippen molar-refractivity contribution in [1.29, 1.82) is 0 Å². The molecule has 2 N–H and O–H groups in total. The topological polar surface area (TPSA) is 75.3 Å². The van der Waals surface area contributed by atoms with E-state index in [4.69, 9.17) is 23.2 Å². The number of alkyl halides is 3. The van der Waals surface area contributed by atoms with Crippen LogP contribution in [0.4, 0.5) is 13.2 Å². The fourth-order valence-corrected chi connectivity index (χ4v) is 3.83. The van der Waals surface area contributed by atoms with Crippen molar-refractivity contribution in [3.8, 4) is 0 Å². The molecule has 128 valence electrons. The number of carbonyl (C=O) groups is 1. The average molecular weight is 391 g/mol. The van der Waals surface area contributed by atoms with Gasteiger partial charge in [-0.15, -0.1) is 0 Å². The molecular formula is C12H11Cl2F3N2O3S. The van der Waals surface area contributed by atoms with Crippen LogP contribution in [0.25, 0.3) is 0 Å². The molecular weight excluding hydrogens is 380 g/mol. The summed E-state index contributed by atoms with van der Waals surface area (Å²) in [5.41, 5.74) is -0.406. The zero-order chi connectivity index (χ0) is 17.4. The first-order valence-electron chi connectivity index (χ1n) is 6.36. The van der Waals surface area contributed by atoms with E-state index in [0.29, 0.717) is 12.8 Å². The van der Waals surface area contributed by atoms with Gasteiger partial charge in [0, 0.05) is 6.04 Å². The third-order valence-electron chi connectivity index (χ3n) is 2.90. The molecule has 0 bridgehead atoms. The number of sulfonamides is 1. The summed E-state index contributed by atoms with van der Waals surface area (Å²) in [6.45, 7) is -1.56. The number of benzene rings is 1. The van der Waals surface area contributed by atoms with Crippen LogP contribution in [0, 0.1) is 0 Å². The van der Waals surface area contributed by atoms with Gasteiger partial charge in [-0.25, -0.2) is 13.1 Å². The minimum absolute atomic E-state index is 0.200. The lowest BCUT2D eigenvalue weighted by atomic mass is 10.2. The van der Waals surface area contributed by atoms with Crippen LogP contribution < -0.4 is 10.0 Å². The lowest BCUT2D eigenvalue weighted by Crippen LogP contribution is -2.34. The highest BCUT2D eigenvalue weighted by atomic mass is 35.5. The van der Waals surface area contributed by atoms with Crippen LogP contribution in [0.2, 0.25) is 10.0 Å². The van der Waals surface area contributed by atoms with Crippen molar-refractivity contribution in [2.24, 2.45) is 0 Å². The van der Waals surface area contributed by atoms with Crippen LogP contribution >= 0.6 is 23.2 Å². The summed E-state index contributed by atoms with van der Waals surface area (Å²) in [5.74, 6) is -1.15. The van der Waals surface area contributed by atoms with E-state index in [2.05, 4.69) is 4.72 Å². The van der Waals surface area contributed by atoms with E-state index in [1.807, 2.05) is 0 Å². The molecule has 0 aromatic heterocycles. The minimum atomic E-state index is -4.60. The highest BCUT2D eigenvalue weighted by Gasteiger charge is 2.31. The molecule has 1 amide bonds. The summed E-state index contributed by atoms with van der Waals surface area (Å²) >= 11 is 11.6. The number of rotatable bonds is 5. The van der Waals surface area contributed by atoms with Gasteiger partial charge in [-0.1, -0.05) is 23.2 Å². The molecule has 0 radical (unpaired) electrons. The van der Waals surface area contributed by atoms with Gasteiger partial charge in [0.25, 0.3) is 5.91 Å². The van der Waals surface area contributed by atoms with Gasteiger partial charge >= 0.3 is 6.18 Å². The molecule has 1 fully saturated rings. The Morgan fingerprint density at radius 1 is 1.22 bits per heavy atom. The highest BCUT2D eigenvalue weighted by molar-refractivity contribution is 7.89. The summed E-state index contributed by atoms with van der Waals surface area (Å²) in [7, 11) is -3.99. The minimum Gasteiger partial charge on any atom is -0.343 e. The van der Waals surface area contributed by atoms with Crippen molar-refractivity contribution in [2.75, 3.05) is 6.54 Å². The van der Waals surface area contributed by atoms with E-state index in [-0.39, 0.29) is 16.1 Å². The van der Waals surface area contributed by atoms with Gasteiger partial charge in [0.2, 0.25) is 10.0 Å². The molecule has 0 spiro atoms. The highest BCUT2D eigenvalue weighted by Crippen LogP contribution is 2.30. The van der Waals surface area contributed by atoms with Crippen LogP contribution in [-0.2, 0) is 10.0 Å². The van der Waals surface area contributed by atoms with Crippen molar-refractivity contribution in [1.82, 2.24) is 10.0 Å². The van der Waals surface area contributed by atoms with Gasteiger partial charge in [-0.05, 0) is 25.0 Å². The molecule has 2 rings (SSSR count). The van der Waals surface area contributed by atoms with E-state index in [9.17, 15) is 26.4 Å². The first-order chi connectivity index (χ1) is 10.5. The molecule has 0 aliphatic heterocycles. The third-order valence-corrected chi connectivity index (χ3v) is 5.20. The Labute approximate surface area is 140 Å². The lowest BCUT2D eigenvalue weighted by molar-refractivity contribution is -0.123. The van der Waals surface area contributed by atoms with E-state index >= 15 is 0 Å². The maximum atomic E-state index is 12.2. The lowest BCUT2D eigenvalue weighted by Gasteiger charge is -2.12. The molecule has 1 saturated carbocycles. The number of hydrogen-bond donors (Lipinski definition) is 2. The van der Waals surface area contributed by atoms with E-state index in [0.717, 1.165) is 12.1 Å². The van der Waals surface area contributed by atoms with Gasteiger partial charge in [0.1, 0.15) is 11.4 Å². The SMILES string of the molecule is O=C(NCC(F)(F)F)c1cc(S(=O)(=O)NC2CC2)c(Cl)cc1Cl. The standard InChI is InChI=1S/C12H11Cl2F3N2O3S/c13-8-4-9(14)10(23(21,22)19-6-1-2-6)3-7(8)11(20)18-5-12(15,16)17/h3-4,6,19H,1-2,5H2,(H,18,20). The largest absolute Gasteiger partial charge is 0.405 e. The molecule has 1 aromatic carbocycles. The molecule has 1 aliphatic carbocycles. The van der Waals surface area contributed by atoms with Crippen molar-refractivity contribution in [3.63, 3.8) is 0 Å². The molecule has 11 heteroatoms. The zero-order valence-electron chi connectivity index (χ0n) is 11.4. The van der Waals surface area contributed by atoms with Gasteiger partial charge in [0.05, 0.1) is 15.6 Å². The molecule has 23 heavy (non-hydrogen) atoms. The molecule has 0 saturated heterocycles. The number of hydrogen-bond acceptors (Lipinski definition) is 3. The van der Waals surface area contributed by atoms with Gasteiger partial charge in [-0.2, -0.15) is 13.2 Å². The van der Waals surface area contributed by atoms with Crippen molar-refractivity contribution < 1.29 is 26.4 Å². The van der Waals surface area contributed by atoms with Crippen LogP contribution in [0.3, 0.4) is 0 Å². The predicted octanol–water partition coefficient (Wildman–Crippen LogP) is 2.73. The molecule has 0 heterocycles. The number of carbonyl (C=O) groups excluding carboxylic acids is 1. The summed E-state index contributed by atoms with van der Waals surface area (Å²) in [6, 6.07) is 1.67. The Bertz CT molecular complexity index is 734. The smallest absolute Gasteiger partial charge is 0.343 e. The first-order valence-corrected chi connectivity index (χ1v) is 8.60. The molecule has 0 unspecified atom stereocenters. The number of halogens is 5. The molecule has 1 aliphatic rings. The third kappa shape index (κ3) is 4.97. The predicted molar refractivity (Wildman–Crippen MR) is 78.2 cm³/mol. The Morgan fingerprint density at radius 2 is 1.83 bits per heavy atom. The summed E-state index contributed by atoms with van der Waals surface area (Å²) < 4.78 is 63.1. The van der Waals surface area contributed by atoms with Gasteiger partial charge in [0.15, 0.2) is 0 Å². The van der Waals surface area contributed by atoms with Crippen LogP contribution in [0.5, 0.6) is 0 Å². The second kappa shape index (κ2) is 6.46. The Morgan fingerprint density at radius 3 is 2.35 bits per heavy atom. The normalized spacial score (nSPS) is 15.5. The van der Waals surface area contributed by atoms with Gasteiger partial charge in [-0.3, -0.25) is 4.79 Å². The average Bonchev–Trinajstić information content (AvgIpc) is 3.18. The molecule has 5 nitrogen and oxygen atoms in total. The Hall–Kier alpha value is -1.03. The van der Waals surface area contributed by atoms with E-state index in [1.165, 1.54) is 0 Å². The number of amides is 1. The fraction of sp³-hybridized carbons (Fsp3) is 0.417. The van der Waals surface area contributed by atoms with E-state index < -0.39 is 39.1 Å². The van der Waals surface area contributed by atoms with Crippen LogP contribution in [0.15, 0.2) is 17.0 Å². The van der Waals surface area contributed by atoms with Crippen molar-refractivity contribution in [3.05, 3.63) is 27.7 Å². The molecule has 0 atom stereocenters. The maximum Gasteiger partial charge on any atom is 0.405 e. The Balaban J connectivity index is 2.30. The van der Waals surface area contributed by atoms with Crippen molar-refractivity contribution >= 4 is 39.1 Å². The maximum absolute atomic E-state index is 12.2. The summed E-state index contributed by atoms with van der Waals surface area (Å²) in [4.78, 5) is 11.4. The monoisotopic (exact) mass is 390 g/mol. The van der Waals surface area contributed by atoms with Crippen LogP contribution in [-0.4, -0.2) is 33.1 Å². The van der Waals surface area contributed by atoms with E-state index in [1.54, 1.807) is 5.32 Å². The molecule has 1 aromatic rings. The number of nitrogens with one attached hydrogen (secondary N) is 2. The summed E-state index contributed by atoms with van der Waals surface area (Å²) in [5, 5.41) is 1.15. The summed E-state index contributed by atoms with van der Waals surface area (Å²) in [6.07, 6.45) is -3.23. The first kappa shape index (κ1) is 18.3. The zero-order valence-corrected chi connectivity index (χ0v) is 13.7. The Kier molecular flexibility index (Phi) is 5.15. The second-order valence-corrected chi connectivity index (χ2v) is 7.45. The van der Waals surface area contributed by atoms with Crippen LogP contribution in [0.1, 0.15) is 23.2 Å². The fourth-order valence-electron chi connectivity index (χ4n) is 1.67. The second-order valence-electron chi connectivity index (χ2n) is 4.96. The quantitative estimate of drug-likeness (QED) is 0.811. The van der Waals surface area contributed by atoms with Gasteiger partial charge < -0.3 is 5.32 Å².